The van der Waals surface area contributed by atoms with E-state index in [1.54, 1.807) is 6.07 Å². The first kappa shape index (κ1) is 13.5. The second kappa shape index (κ2) is 5.37. The van der Waals surface area contributed by atoms with Crippen molar-refractivity contribution in [3.05, 3.63) is 22.7 Å². The van der Waals surface area contributed by atoms with E-state index in [0.717, 1.165) is 24.2 Å². The first-order valence-corrected chi connectivity index (χ1v) is 6.71. The quantitative estimate of drug-likeness (QED) is 0.835. The number of aryl methyl sites for hydroxylation is 1. The van der Waals surface area contributed by atoms with Crippen LogP contribution in [0, 0.1) is 6.92 Å². The Balaban J connectivity index is 2.11. The molecule has 1 heterocycles. The van der Waals surface area contributed by atoms with E-state index in [0.29, 0.717) is 10.7 Å². The van der Waals surface area contributed by atoms with Crippen LogP contribution in [0.3, 0.4) is 0 Å². The molecule has 2 rings (SSSR count). The molecule has 3 nitrogen and oxygen atoms in total. The summed E-state index contributed by atoms with van der Waals surface area (Å²) in [6.45, 7) is 6.14. The lowest BCUT2D eigenvalue weighted by atomic mass is 10.0. The molecule has 1 fully saturated rings. The molecular weight excluding hydrogens is 250 g/mol. The summed E-state index contributed by atoms with van der Waals surface area (Å²) in [6.07, 6.45) is 2.48. The lowest BCUT2D eigenvalue weighted by Gasteiger charge is -2.32. The summed E-state index contributed by atoms with van der Waals surface area (Å²) in [7, 11) is 0. The van der Waals surface area contributed by atoms with Gasteiger partial charge in [-0.1, -0.05) is 11.6 Å². The zero-order valence-corrected chi connectivity index (χ0v) is 11.8. The number of anilines is 1. The fourth-order valence-corrected chi connectivity index (χ4v) is 2.59. The molecule has 0 amide bonds. The number of nitrogen functional groups attached to an aromatic ring is 1. The van der Waals surface area contributed by atoms with E-state index in [1.165, 1.54) is 0 Å². The Morgan fingerprint density at radius 1 is 1.28 bits per heavy atom. The Morgan fingerprint density at radius 3 is 2.50 bits per heavy atom. The van der Waals surface area contributed by atoms with E-state index in [9.17, 15) is 0 Å². The fourth-order valence-electron chi connectivity index (χ4n) is 2.43. The van der Waals surface area contributed by atoms with E-state index >= 15 is 0 Å². The molecule has 0 spiro atoms. The summed E-state index contributed by atoms with van der Waals surface area (Å²) in [5.41, 5.74) is 7.37. The van der Waals surface area contributed by atoms with Gasteiger partial charge >= 0.3 is 0 Å². The van der Waals surface area contributed by atoms with E-state index in [1.807, 2.05) is 13.0 Å². The van der Waals surface area contributed by atoms with Gasteiger partial charge in [-0.15, -0.1) is 0 Å². The van der Waals surface area contributed by atoms with Crippen molar-refractivity contribution in [2.24, 2.45) is 0 Å². The Morgan fingerprint density at radius 2 is 1.89 bits per heavy atom. The monoisotopic (exact) mass is 269 g/mol. The van der Waals surface area contributed by atoms with Crippen LogP contribution in [0.1, 0.15) is 32.3 Å². The van der Waals surface area contributed by atoms with Gasteiger partial charge in [0.15, 0.2) is 0 Å². The maximum Gasteiger partial charge on any atom is 0.124 e. The highest BCUT2D eigenvalue weighted by atomic mass is 35.5. The van der Waals surface area contributed by atoms with Crippen molar-refractivity contribution in [2.75, 3.05) is 5.73 Å². The molecule has 1 aliphatic rings. The lowest BCUT2D eigenvalue weighted by molar-refractivity contribution is -0.0722. The van der Waals surface area contributed by atoms with Crippen molar-refractivity contribution in [1.29, 1.82) is 0 Å². The number of rotatable bonds is 2. The predicted octanol–water partition coefficient (Wildman–Crippen LogP) is 3.57. The van der Waals surface area contributed by atoms with E-state index in [-0.39, 0.29) is 18.3 Å². The third kappa shape index (κ3) is 3.09. The van der Waals surface area contributed by atoms with Gasteiger partial charge in [-0.2, -0.15) is 0 Å². The van der Waals surface area contributed by atoms with Crippen molar-refractivity contribution in [1.82, 2.24) is 0 Å². The van der Waals surface area contributed by atoms with Crippen molar-refractivity contribution >= 4 is 17.3 Å². The molecule has 0 bridgehead atoms. The van der Waals surface area contributed by atoms with Gasteiger partial charge in [0.25, 0.3) is 0 Å². The molecule has 0 aliphatic carbocycles. The number of hydrogen-bond donors (Lipinski definition) is 1. The molecule has 18 heavy (non-hydrogen) atoms. The van der Waals surface area contributed by atoms with E-state index in [2.05, 4.69) is 13.8 Å². The average molecular weight is 270 g/mol. The second-order valence-electron chi connectivity index (χ2n) is 5.11. The lowest BCUT2D eigenvalue weighted by Crippen LogP contribution is -2.35. The standard InChI is InChI=1S/C14H20ClNO2/c1-8-4-13(16)12(15)7-14(8)18-11-5-9(2)17-10(3)6-11/h4,7,9-11H,5-6,16H2,1-3H3. The number of nitrogens with two attached hydrogens (primary N) is 1. The van der Waals surface area contributed by atoms with Crippen LogP contribution in [0.25, 0.3) is 0 Å². The smallest absolute Gasteiger partial charge is 0.124 e. The van der Waals surface area contributed by atoms with Crippen LogP contribution < -0.4 is 10.5 Å². The van der Waals surface area contributed by atoms with Crippen LogP contribution in [0.5, 0.6) is 5.75 Å². The molecule has 2 unspecified atom stereocenters. The van der Waals surface area contributed by atoms with Gasteiger partial charge in [0.05, 0.1) is 22.9 Å². The largest absolute Gasteiger partial charge is 0.490 e. The molecule has 1 aromatic rings. The van der Waals surface area contributed by atoms with Crippen molar-refractivity contribution in [3.8, 4) is 5.75 Å². The molecular formula is C14H20ClNO2. The summed E-state index contributed by atoms with van der Waals surface area (Å²) >= 11 is 6.03. The summed E-state index contributed by atoms with van der Waals surface area (Å²) in [4.78, 5) is 0. The third-order valence-corrected chi connectivity index (χ3v) is 3.57. The van der Waals surface area contributed by atoms with E-state index < -0.39 is 0 Å². The Kier molecular flexibility index (Phi) is 4.03. The summed E-state index contributed by atoms with van der Waals surface area (Å²) < 4.78 is 11.7. The highest BCUT2D eigenvalue weighted by Gasteiger charge is 2.26. The minimum absolute atomic E-state index is 0.183. The molecule has 0 aromatic heterocycles. The maximum atomic E-state index is 6.04. The fraction of sp³-hybridized carbons (Fsp3) is 0.571. The molecule has 0 saturated carbocycles. The Bertz CT molecular complexity index is 426. The highest BCUT2D eigenvalue weighted by molar-refractivity contribution is 6.33. The van der Waals surface area contributed by atoms with E-state index in [4.69, 9.17) is 26.8 Å². The molecule has 100 valence electrons. The van der Waals surface area contributed by atoms with Crippen LogP contribution in [0.4, 0.5) is 5.69 Å². The van der Waals surface area contributed by atoms with Gasteiger partial charge in [-0.05, 0) is 32.4 Å². The summed E-state index contributed by atoms with van der Waals surface area (Å²) in [5.74, 6) is 0.820. The van der Waals surface area contributed by atoms with Crippen molar-refractivity contribution < 1.29 is 9.47 Å². The highest BCUT2D eigenvalue weighted by Crippen LogP contribution is 2.31. The number of hydrogen-bond acceptors (Lipinski definition) is 3. The minimum atomic E-state index is 0.183. The zero-order valence-electron chi connectivity index (χ0n) is 11.1. The summed E-state index contributed by atoms with van der Waals surface area (Å²) in [6, 6.07) is 3.65. The minimum Gasteiger partial charge on any atom is -0.490 e. The zero-order chi connectivity index (χ0) is 13.3. The number of ether oxygens (including phenoxy) is 2. The van der Waals surface area contributed by atoms with Gasteiger partial charge in [0.1, 0.15) is 11.9 Å². The normalized spacial score (nSPS) is 28.1. The first-order chi connectivity index (χ1) is 8.45. The predicted molar refractivity (Wildman–Crippen MR) is 74.3 cm³/mol. The molecule has 1 saturated heterocycles. The van der Waals surface area contributed by atoms with Gasteiger partial charge < -0.3 is 15.2 Å². The Hall–Kier alpha value is -0.930. The number of benzene rings is 1. The van der Waals surface area contributed by atoms with Crippen molar-refractivity contribution in [2.45, 2.75) is 51.9 Å². The molecule has 4 heteroatoms. The maximum absolute atomic E-state index is 6.04. The Labute approximate surface area is 113 Å². The van der Waals surface area contributed by atoms with Crippen LogP contribution in [-0.2, 0) is 4.74 Å². The average Bonchev–Trinajstić information content (AvgIpc) is 2.24. The van der Waals surface area contributed by atoms with Crippen LogP contribution >= 0.6 is 11.6 Å². The van der Waals surface area contributed by atoms with Gasteiger partial charge in [-0.25, -0.2) is 0 Å². The molecule has 0 radical (unpaired) electrons. The van der Waals surface area contributed by atoms with Gasteiger partial charge in [0.2, 0.25) is 0 Å². The second-order valence-corrected chi connectivity index (χ2v) is 5.51. The SMILES string of the molecule is Cc1cc(N)c(Cl)cc1OC1CC(C)OC(C)C1. The van der Waals surface area contributed by atoms with Crippen LogP contribution in [0.15, 0.2) is 12.1 Å². The van der Waals surface area contributed by atoms with Crippen molar-refractivity contribution in [3.63, 3.8) is 0 Å². The first-order valence-electron chi connectivity index (χ1n) is 6.33. The molecule has 1 aliphatic heterocycles. The number of halogens is 1. The third-order valence-electron chi connectivity index (χ3n) is 3.24. The van der Waals surface area contributed by atoms with Gasteiger partial charge in [0, 0.05) is 18.9 Å². The van der Waals surface area contributed by atoms with Crippen LogP contribution in [0.2, 0.25) is 5.02 Å². The molecule has 2 N–H and O–H groups in total. The van der Waals surface area contributed by atoms with Gasteiger partial charge in [-0.3, -0.25) is 0 Å². The summed E-state index contributed by atoms with van der Waals surface area (Å²) in [5, 5.41) is 0.545. The topological polar surface area (TPSA) is 44.5 Å². The molecule has 1 aromatic carbocycles. The van der Waals surface area contributed by atoms with Crippen LogP contribution in [-0.4, -0.2) is 18.3 Å². The molecule has 2 atom stereocenters.